The monoisotopic (exact) mass is 142 g/mol. The first-order valence-corrected chi connectivity index (χ1v) is 4.29. The van der Waals surface area contributed by atoms with Crippen LogP contribution in [0, 0.1) is 5.92 Å². The van der Waals surface area contributed by atoms with Gasteiger partial charge in [-0.15, -0.1) is 0 Å². The predicted octanol–water partition coefficient (Wildman–Crippen LogP) is 0.943. The zero-order valence-electron chi connectivity index (χ0n) is 6.82. The van der Waals surface area contributed by atoms with Gasteiger partial charge in [0.15, 0.2) is 0 Å². The second kappa shape index (κ2) is 4.69. The number of nitrogens with one attached hydrogen (secondary N) is 2. The van der Waals surface area contributed by atoms with E-state index < -0.39 is 0 Å². The molecule has 0 heterocycles. The molecule has 2 nitrogen and oxygen atoms in total. The first kappa shape index (κ1) is 8.02. The fourth-order valence-electron chi connectivity index (χ4n) is 1.30. The molecule has 0 aromatic heterocycles. The van der Waals surface area contributed by atoms with Crippen LogP contribution in [0.1, 0.15) is 25.7 Å². The summed E-state index contributed by atoms with van der Waals surface area (Å²) in [5.74, 6) is 1.05. The molecule has 0 aromatic rings. The SMILES string of the molecule is CNCNCCC1CCC1. The minimum absolute atomic E-state index is 0.951. The van der Waals surface area contributed by atoms with Crippen LogP contribution in [0.2, 0.25) is 0 Å². The predicted molar refractivity (Wildman–Crippen MR) is 43.9 cm³/mol. The summed E-state index contributed by atoms with van der Waals surface area (Å²) >= 11 is 0. The number of hydrogen-bond acceptors (Lipinski definition) is 2. The summed E-state index contributed by atoms with van der Waals surface area (Å²) < 4.78 is 0. The lowest BCUT2D eigenvalue weighted by Gasteiger charge is -2.25. The van der Waals surface area contributed by atoms with Gasteiger partial charge in [-0.05, 0) is 25.9 Å². The normalized spacial score (nSPS) is 18.9. The van der Waals surface area contributed by atoms with Crippen molar-refractivity contribution in [2.45, 2.75) is 25.7 Å². The smallest absolute Gasteiger partial charge is 0.0451 e. The molecule has 10 heavy (non-hydrogen) atoms. The van der Waals surface area contributed by atoms with Crippen LogP contribution < -0.4 is 10.6 Å². The molecule has 1 aliphatic rings. The molecule has 2 heteroatoms. The van der Waals surface area contributed by atoms with Crippen molar-refractivity contribution in [2.24, 2.45) is 5.92 Å². The third-order valence-electron chi connectivity index (χ3n) is 2.26. The van der Waals surface area contributed by atoms with Gasteiger partial charge in [-0.2, -0.15) is 0 Å². The van der Waals surface area contributed by atoms with Crippen LogP contribution in [-0.4, -0.2) is 20.3 Å². The van der Waals surface area contributed by atoms with Crippen LogP contribution in [0.5, 0.6) is 0 Å². The van der Waals surface area contributed by atoms with Crippen LogP contribution in [-0.2, 0) is 0 Å². The average molecular weight is 142 g/mol. The van der Waals surface area contributed by atoms with E-state index in [2.05, 4.69) is 10.6 Å². The van der Waals surface area contributed by atoms with E-state index in [4.69, 9.17) is 0 Å². The van der Waals surface area contributed by atoms with Crippen LogP contribution in [0.3, 0.4) is 0 Å². The third-order valence-corrected chi connectivity index (χ3v) is 2.26. The van der Waals surface area contributed by atoms with Gasteiger partial charge in [-0.25, -0.2) is 0 Å². The van der Waals surface area contributed by atoms with E-state index in [1.807, 2.05) is 7.05 Å². The molecule has 1 fully saturated rings. The molecule has 60 valence electrons. The minimum Gasteiger partial charge on any atom is -0.308 e. The highest BCUT2D eigenvalue weighted by molar-refractivity contribution is 4.69. The highest BCUT2D eigenvalue weighted by Gasteiger charge is 2.15. The molecular weight excluding hydrogens is 124 g/mol. The Morgan fingerprint density at radius 1 is 1.40 bits per heavy atom. The molecule has 1 rings (SSSR count). The molecule has 0 atom stereocenters. The van der Waals surface area contributed by atoms with E-state index in [1.54, 1.807) is 0 Å². The molecule has 0 spiro atoms. The summed E-state index contributed by atoms with van der Waals surface area (Å²) in [5.41, 5.74) is 0. The van der Waals surface area contributed by atoms with E-state index in [-0.39, 0.29) is 0 Å². The summed E-state index contributed by atoms with van der Waals surface area (Å²) in [6, 6.07) is 0. The van der Waals surface area contributed by atoms with Gasteiger partial charge in [-0.1, -0.05) is 19.3 Å². The maximum absolute atomic E-state index is 3.32. The Hall–Kier alpha value is -0.0800. The van der Waals surface area contributed by atoms with Crippen molar-refractivity contribution >= 4 is 0 Å². The summed E-state index contributed by atoms with van der Waals surface area (Å²) in [7, 11) is 1.97. The summed E-state index contributed by atoms with van der Waals surface area (Å²) in [5, 5.41) is 6.39. The second-order valence-electron chi connectivity index (χ2n) is 3.12. The standard InChI is InChI=1S/C8H18N2/c1-9-7-10-6-5-8-3-2-4-8/h8-10H,2-7H2,1H3. The van der Waals surface area contributed by atoms with E-state index in [1.165, 1.54) is 32.2 Å². The first-order valence-electron chi connectivity index (χ1n) is 4.29. The summed E-state index contributed by atoms with van der Waals surface area (Å²) in [4.78, 5) is 0. The molecule has 1 saturated carbocycles. The van der Waals surface area contributed by atoms with Gasteiger partial charge in [0.25, 0.3) is 0 Å². The van der Waals surface area contributed by atoms with Crippen molar-refractivity contribution in [3.8, 4) is 0 Å². The van der Waals surface area contributed by atoms with Crippen molar-refractivity contribution in [1.29, 1.82) is 0 Å². The molecular formula is C8H18N2. The Morgan fingerprint density at radius 3 is 2.70 bits per heavy atom. The maximum atomic E-state index is 3.32. The lowest BCUT2D eigenvalue weighted by atomic mass is 9.83. The lowest BCUT2D eigenvalue weighted by Crippen LogP contribution is -2.28. The highest BCUT2D eigenvalue weighted by Crippen LogP contribution is 2.28. The first-order chi connectivity index (χ1) is 4.93. The van der Waals surface area contributed by atoms with Crippen molar-refractivity contribution in [3.05, 3.63) is 0 Å². The van der Waals surface area contributed by atoms with Crippen molar-refractivity contribution in [2.75, 3.05) is 20.3 Å². The van der Waals surface area contributed by atoms with E-state index in [9.17, 15) is 0 Å². The van der Waals surface area contributed by atoms with Crippen molar-refractivity contribution < 1.29 is 0 Å². The molecule has 0 saturated heterocycles. The summed E-state index contributed by atoms with van der Waals surface area (Å²) in [6.07, 6.45) is 5.79. The maximum Gasteiger partial charge on any atom is 0.0451 e. The van der Waals surface area contributed by atoms with Gasteiger partial charge in [0.05, 0.1) is 0 Å². The molecule has 0 aromatic carbocycles. The van der Waals surface area contributed by atoms with Gasteiger partial charge in [0, 0.05) is 6.67 Å². The zero-order chi connectivity index (χ0) is 7.23. The van der Waals surface area contributed by atoms with Gasteiger partial charge in [-0.3, -0.25) is 0 Å². The molecule has 0 unspecified atom stereocenters. The van der Waals surface area contributed by atoms with Gasteiger partial charge >= 0.3 is 0 Å². The molecule has 2 N–H and O–H groups in total. The largest absolute Gasteiger partial charge is 0.308 e. The van der Waals surface area contributed by atoms with E-state index >= 15 is 0 Å². The Bertz CT molecular complexity index is 79.3. The fraction of sp³-hybridized carbons (Fsp3) is 1.00. The minimum atomic E-state index is 0.951. The third kappa shape index (κ3) is 2.67. The molecule has 1 aliphatic carbocycles. The van der Waals surface area contributed by atoms with Gasteiger partial charge in [0.1, 0.15) is 0 Å². The van der Waals surface area contributed by atoms with Gasteiger partial charge < -0.3 is 10.6 Å². The molecule has 0 aliphatic heterocycles. The topological polar surface area (TPSA) is 24.1 Å². The average Bonchev–Trinajstić information content (AvgIpc) is 1.84. The summed E-state index contributed by atoms with van der Waals surface area (Å²) in [6.45, 7) is 2.14. The fourth-order valence-corrected chi connectivity index (χ4v) is 1.30. The van der Waals surface area contributed by atoms with Crippen LogP contribution in [0.25, 0.3) is 0 Å². The zero-order valence-corrected chi connectivity index (χ0v) is 6.82. The van der Waals surface area contributed by atoms with Crippen LogP contribution >= 0.6 is 0 Å². The highest BCUT2D eigenvalue weighted by atomic mass is 15.0. The van der Waals surface area contributed by atoms with Crippen molar-refractivity contribution in [1.82, 2.24) is 10.6 Å². The van der Waals surface area contributed by atoms with E-state index in [0.29, 0.717) is 0 Å². The second-order valence-corrected chi connectivity index (χ2v) is 3.12. The van der Waals surface area contributed by atoms with Gasteiger partial charge in [0.2, 0.25) is 0 Å². The van der Waals surface area contributed by atoms with E-state index in [0.717, 1.165) is 12.6 Å². The Kier molecular flexibility index (Phi) is 3.76. The molecule has 0 bridgehead atoms. The Balaban J connectivity index is 1.76. The Morgan fingerprint density at radius 2 is 2.20 bits per heavy atom. The Labute approximate surface area is 63.4 Å². The number of rotatable bonds is 5. The quantitative estimate of drug-likeness (QED) is 0.441. The molecule has 0 radical (unpaired) electrons. The van der Waals surface area contributed by atoms with Crippen LogP contribution in [0.4, 0.5) is 0 Å². The molecule has 0 amide bonds. The van der Waals surface area contributed by atoms with Crippen molar-refractivity contribution in [3.63, 3.8) is 0 Å². The number of hydrogen-bond donors (Lipinski definition) is 2. The van der Waals surface area contributed by atoms with Crippen LogP contribution in [0.15, 0.2) is 0 Å². The lowest BCUT2D eigenvalue weighted by molar-refractivity contribution is 0.291.